The van der Waals surface area contributed by atoms with Gasteiger partial charge in [0.15, 0.2) is 0 Å². The molecule has 0 spiro atoms. The van der Waals surface area contributed by atoms with Crippen molar-refractivity contribution < 1.29 is 12.8 Å². The summed E-state index contributed by atoms with van der Waals surface area (Å²) >= 11 is 0. The van der Waals surface area contributed by atoms with E-state index < -0.39 is 10.0 Å². The summed E-state index contributed by atoms with van der Waals surface area (Å²) in [6.07, 6.45) is 0.865. The maximum Gasteiger partial charge on any atom is 0.250 e. The highest BCUT2D eigenvalue weighted by molar-refractivity contribution is 7.89. The van der Waals surface area contributed by atoms with Crippen molar-refractivity contribution in [2.45, 2.75) is 30.3 Å². The number of benzene rings is 2. The second-order valence-electron chi connectivity index (χ2n) is 9.12. The van der Waals surface area contributed by atoms with Crippen LogP contribution in [0.5, 0.6) is 0 Å². The Balaban J connectivity index is 1.31. The fraction of sp³-hybridized carbons (Fsp3) is 0.269. The SMILES string of the molecule is O=c1ccc(NCc2cc3ccccc3o2)c2n1C[C@H]1C[C@@H]2CN(S(=O)(=O)c2ccccc2)C1. The van der Waals surface area contributed by atoms with Crippen LogP contribution >= 0.6 is 0 Å². The Morgan fingerprint density at radius 2 is 1.74 bits per heavy atom. The van der Waals surface area contributed by atoms with E-state index in [0.717, 1.165) is 34.5 Å². The quantitative estimate of drug-likeness (QED) is 0.471. The minimum atomic E-state index is -3.59. The predicted molar refractivity (Wildman–Crippen MR) is 130 cm³/mol. The molecule has 1 N–H and O–H groups in total. The van der Waals surface area contributed by atoms with Crippen LogP contribution in [0.3, 0.4) is 0 Å². The first-order valence-electron chi connectivity index (χ1n) is 11.5. The van der Waals surface area contributed by atoms with Gasteiger partial charge in [-0.15, -0.1) is 0 Å². The van der Waals surface area contributed by atoms with Crippen LogP contribution in [-0.4, -0.2) is 30.4 Å². The van der Waals surface area contributed by atoms with Gasteiger partial charge in [-0.3, -0.25) is 4.79 Å². The molecule has 0 radical (unpaired) electrons. The lowest BCUT2D eigenvalue weighted by Crippen LogP contribution is -2.49. The summed E-state index contributed by atoms with van der Waals surface area (Å²) in [7, 11) is -3.59. The Bertz CT molecular complexity index is 1490. The average Bonchev–Trinajstić information content (AvgIpc) is 3.27. The van der Waals surface area contributed by atoms with E-state index in [4.69, 9.17) is 4.42 Å². The largest absolute Gasteiger partial charge is 0.459 e. The molecule has 1 fully saturated rings. The van der Waals surface area contributed by atoms with Crippen molar-refractivity contribution >= 4 is 26.7 Å². The van der Waals surface area contributed by atoms with Crippen molar-refractivity contribution in [3.8, 4) is 0 Å². The Morgan fingerprint density at radius 1 is 0.941 bits per heavy atom. The van der Waals surface area contributed by atoms with Crippen LogP contribution in [0.4, 0.5) is 5.69 Å². The molecule has 34 heavy (non-hydrogen) atoms. The Morgan fingerprint density at radius 3 is 2.56 bits per heavy atom. The van der Waals surface area contributed by atoms with Crippen LogP contribution in [0.1, 0.15) is 23.8 Å². The third-order valence-electron chi connectivity index (χ3n) is 6.87. The summed E-state index contributed by atoms with van der Waals surface area (Å²) in [5.74, 6) is 0.850. The van der Waals surface area contributed by atoms with Crippen LogP contribution in [-0.2, 0) is 23.1 Å². The van der Waals surface area contributed by atoms with E-state index in [1.807, 2.05) is 47.0 Å². The summed E-state index contributed by atoms with van der Waals surface area (Å²) in [4.78, 5) is 13.0. The van der Waals surface area contributed by atoms with E-state index in [-0.39, 0.29) is 17.4 Å². The van der Waals surface area contributed by atoms with Gasteiger partial charge >= 0.3 is 0 Å². The topological polar surface area (TPSA) is 84.6 Å². The summed E-state index contributed by atoms with van der Waals surface area (Å²) in [6.45, 7) is 1.78. The molecule has 0 amide bonds. The first-order valence-corrected chi connectivity index (χ1v) is 12.9. The summed E-state index contributed by atoms with van der Waals surface area (Å²) in [5.41, 5.74) is 2.52. The van der Waals surface area contributed by atoms with E-state index in [0.29, 0.717) is 31.1 Å². The number of para-hydroxylation sites is 1. The highest BCUT2D eigenvalue weighted by Crippen LogP contribution is 2.40. The number of sulfonamides is 1. The van der Waals surface area contributed by atoms with E-state index in [2.05, 4.69) is 5.32 Å². The molecule has 2 aromatic heterocycles. The van der Waals surface area contributed by atoms with E-state index in [1.165, 1.54) is 0 Å². The third kappa shape index (κ3) is 3.63. The Hall–Kier alpha value is -3.36. The van der Waals surface area contributed by atoms with Crippen LogP contribution in [0.15, 0.2) is 86.9 Å². The fourth-order valence-electron chi connectivity index (χ4n) is 5.36. The lowest BCUT2D eigenvalue weighted by Gasteiger charge is -2.42. The maximum atomic E-state index is 13.3. The average molecular weight is 476 g/mol. The maximum absolute atomic E-state index is 13.3. The number of fused-ring (bicyclic) bond motifs is 5. The number of nitrogens with one attached hydrogen (secondary N) is 1. The fourth-order valence-corrected chi connectivity index (χ4v) is 6.95. The van der Waals surface area contributed by atoms with Crippen molar-refractivity contribution in [2.24, 2.45) is 5.92 Å². The standard InChI is InChI=1S/C26H25N3O4S/c30-25-11-10-23(27-14-21-13-19-6-4-5-9-24(19)33-21)26-20-12-18(16-29(25)26)15-28(17-20)34(31,32)22-7-2-1-3-8-22/h1-11,13,18,20,27H,12,14-17H2/t18-,20+/m0/s1. The van der Waals surface area contributed by atoms with Gasteiger partial charge in [0.05, 0.1) is 17.1 Å². The highest BCUT2D eigenvalue weighted by atomic mass is 32.2. The van der Waals surface area contributed by atoms with Crippen molar-refractivity contribution in [3.05, 3.63) is 94.6 Å². The lowest BCUT2D eigenvalue weighted by atomic mass is 9.83. The summed E-state index contributed by atoms with van der Waals surface area (Å²) in [5, 5.41) is 4.49. The van der Waals surface area contributed by atoms with Crippen LogP contribution in [0, 0.1) is 5.92 Å². The van der Waals surface area contributed by atoms with Crippen molar-refractivity contribution in [1.29, 1.82) is 0 Å². The number of aromatic nitrogens is 1. The third-order valence-corrected chi connectivity index (χ3v) is 8.71. The molecule has 6 rings (SSSR count). The molecule has 174 valence electrons. The second-order valence-corrected chi connectivity index (χ2v) is 11.1. The van der Waals surface area contributed by atoms with Gasteiger partial charge in [0.1, 0.15) is 11.3 Å². The molecule has 1 saturated heterocycles. The zero-order valence-electron chi connectivity index (χ0n) is 18.6. The molecule has 2 aromatic carbocycles. The second kappa shape index (κ2) is 8.14. The molecule has 0 saturated carbocycles. The molecule has 2 atom stereocenters. The van der Waals surface area contributed by atoms with Gasteiger partial charge in [0.2, 0.25) is 10.0 Å². The number of pyridine rings is 1. The molecule has 2 bridgehead atoms. The number of anilines is 1. The number of furan rings is 1. The number of piperidine rings is 1. The van der Waals surface area contributed by atoms with Crippen molar-refractivity contribution in [3.63, 3.8) is 0 Å². The Labute approximate surface area is 197 Å². The minimum absolute atomic E-state index is 0.0432. The van der Waals surface area contributed by atoms with Crippen molar-refractivity contribution in [1.82, 2.24) is 8.87 Å². The first-order chi connectivity index (χ1) is 16.5. The molecule has 4 heterocycles. The molecule has 2 aliphatic rings. The summed E-state index contributed by atoms with van der Waals surface area (Å²) in [6, 6.07) is 21.8. The molecule has 4 aromatic rings. The molecule has 8 heteroatoms. The van der Waals surface area contributed by atoms with Gasteiger partial charge in [0, 0.05) is 42.7 Å². The number of hydrogen-bond acceptors (Lipinski definition) is 5. The molecule has 0 aliphatic carbocycles. The Kier molecular flexibility index (Phi) is 5.08. The first kappa shape index (κ1) is 21.2. The number of hydrogen-bond donors (Lipinski definition) is 1. The minimum Gasteiger partial charge on any atom is -0.459 e. The van der Waals surface area contributed by atoms with E-state index in [1.54, 1.807) is 34.6 Å². The molecular formula is C26H25N3O4S. The zero-order valence-corrected chi connectivity index (χ0v) is 19.4. The van der Waals surface area contributed by atoms with Crippen LogP contribution in [0.2, 0.25) is 0 Å². The van der Waals surface area contributed by atoms with Gasteiger partial charge in [-0.2, -0.15) is 4.31 Å². The van der Waals surface area contributed by atoms with Crippen LogP contribution < -0.4 is 10.9 Å². The highest BCUT2D eigenvalue weighted by Gasteiger charge is 2.40. The van der Waals surface area contributed by atoms with Crippen molar-refractivity contribution in [2.75, 3.05) is 18.4 Å². The van der Waals surface area contributed by atoms with Gasteiger partial charge in [0.25, 0.3) is 5.56 Å². The van der Waals surface area contributed by atoms with E-state index >= 15 is 0 Å². The molecule has 0 unspecified atom stereocenters. The number of rotatable bonds is 5. The predicted octanol–water partition coefficient (Wildman–Crippen LogP) is 4.01. The molecule has 7 nitrogen and oxygen atoms in total. The smallest absolute Gasteiger partial charge is 0.250 e. The van der Waals surface area contributed by atoms with Gasteiger partial charge in [-0.1, -0.05) is 36.4 Å². The molecular weight excluding hydrogens is 450 g/mol. The van der Waals surface area contributed by atoms with Gasteiger partial charge in [-0.25, -0.2) is 8.42 Å². The lowest BCUT2D eigenvalue weighted by molar-refractivity contribution is 0.187. The monoisotopic (exact) mass is 475 g/mol. The normalized spacial score (nSPS) is 20.2. The van der Waals surface area contributed by atoms with E-state index in [9.17, 15) is 13.2 Å². The zero-order chi connectivity index (χ0) is 23.3. The van der Waals surface area contributed by atoms with Gasteiger partial charge < -0.3 is 14.3 Å². The number of nitrogens with zero attached hydrogens (tertiary/aromatic N) is 2. The van der Waals surface area contributed by atoms with Gasteiger partial charge in [-0.05, 0) is 42.7 Å². The van der Waals surface area contributed by atoms with Crippen LogP contribution in [0.25, 0.3) is 11.0 Å². The molecule has 2 aliphatic heterocycles. The summed E-state index contributed by atoms with van der Waals surface area (Å²) < 4.78 is 36.0.